The molecule has 5 nitrogen and oxygen atoms in total. The summed E-state index contributed by atoms with van der Waals surface area (Å²) in [5.41, 5.74) is 2.30. The summed E-state index contributed by atoms with van der Waals surface area (Å²) in [5, 5.41) is 12.6. The highest BCUT2D eigenvalue weighted by atomic mass is 16.5. The summed E-state index contributed by atoms with van der Waals surface area (Å²) in [6.45, 7) is 6.15. The quantitative estimate of drug-likeness (QED) is 0.774. The monoisotopic (exact) mass is 355 g/mol. The molecule has 0 saturated carbocycles. The van der Waals surface area contributed by atoms with Gasteiger partial charge in [0, 0.05) is 0 Å². The average molecular weight is 355 g/mol. The van der Waals surface area contributed by atoms with E-state index in [1.54, 1.807) is 12.1 Å². The minimum absolute atomic E-state index is 0.144. The van der Waals surface area contributed by atoms with E-state index in [0.717, 1.165) is 16.7 Å². The molecule has 2 aromatic carbocycles. The van der Waals surface area contributed by atoms with Gasteiger partial charge in [0.25, 0.3) is 0 Å². The normalized spacial score (nSPS) is 12.3. The summed E-state index contributed by atoms with van der Waals surface area (Å²) in [7, 11) is 0. The van der Waals surface area contributed by atoms with Crippen molar-refractivity contribution in [3.63, 3.8) is 0 Å². The van der Waals surface area contributed by atoms with E-state index in [1.807, 2.05) is 57.2 Å². The number of aromatic hydroxyl groups is 1. The molecule has 0 aliphatic heterocycles. The fraction of sp³-hybridized carbons (Fsp3) is 0.333. The number of phenols is 1. The van der Waals surface area contributed by atoms with Gasteiger partial charge in [-0.3, -0.25) is 0 Å². The Labute approximate surface area is 154 Å². The molecule has 0 saturated heterocycles. The second kappa shape index (κ2) is 8.52. The van der Waals surface area contributed by atoms with Gasteiger partial charge < -0.3 is 20.0 Å². The Balaban J connectivity index is 1.96. The molecule has 2 N–H and O–H groups in total. The van der Waals surface area contributed by atoms with E-state index in [4.69, 9.17) is 4.74 Å². The van der Waals surface area contributed by atoms with Gasteiger partial charge >= 0.3 is 6.09 Å². The van der Waals surface area contributed by atoms with Gasteiger partial charge in [0.15, 0.2) is 0 Å². The first kappa shape index (κ1) is 19.5. The van der Waals surface area contributed by atoms with Gasteiger partial charge in [-0.1, -0.05) is 63.2 Å². The predicted octanol–water partition coefficient (Wildman–Crippen LogP) is 3.73. The van der Waals surface area contributed by atoms with Crippen LogP contribution in [-0.4, -0.2) is 23.5 Å². The Morgan fingerprint density at radius 1 is 1.15 bits per heavy atom. The van der Waals surface area contributed by atoms with Gasteiger partial charge in [-0.2, -0.15) is 0 Å². The Morgan fingerprint density at radius 3 is 2.46 bits per heavy atom. The third-order valence-corrected chi connectivity index (χ3v) is 4.00. The number of carbonyl (C=O) groups excluding carboxylic acids is 2. The Bertz CT molecular complexity index is 750. The van der Waals surface area contributed by atoms with Crippen LogP contribution < -0.4 is 5.32 Å². The van der Waals surface area contributed by atoms with E-state index in [-0.39, 0.29) is 17.8 Å². The van der Waals surface area contributed by atoms with Crippen molar-refractivity contribution in [2.45, 2.75) is 45.3 Å². The van der Waals surface area contributed by atoms with Crippen LogP contribution in [0.1, 0.15) is 37.5 Å². The molecule has 2 aromatic rings. The van der Waals surface area contributed by atoms with Crippen molar-refractivity contribution in [1.82, 2.24) is 5.32 Å². The molecular formula is C21H25NO4. The number of hydrogen-bond acceptors (Lipinski definition) is 4. The fourth-order valence-electron chi connectivity index (χ4n) is 2.61. The van der Waals surface area contributed by atoms with E-state index < -0.39 is 12.1 Å². The Kier molecular flexibility index (Phi) is 6.39. The molecule has 0 radical (unpaired) electrons. The predicted molar refractivity (Wildman–Crippen MR) is 100 cm³/mol. The minimum Gasteiger partial charge on any atom is -0.508 e. The van der Waals surface area contributed by atoms with Crippen LogP contribution in [0.5, 0.6) is 5.75 Å². The highest BCUT2D eigenvalue weighted by Gasteiger charge is 2.20. The molecule has 0 fully saturated rings. The maximum Gasteiger partial charge on any atom is 0.408 e. The molecule has 1 amide bonds. The summed E-state index contributed by atoms with van der Waals surface area (Å²) in [5.74, 6) is 0.221. The van der Waals surface area contributed by atoms with Crippen LogP contribution in [0, 0.1) is 0 Å². The lowest BCUT2D eigenvalue weighted by Crippen LogP contribution is -2.38. The van der Waals surface area contributed by atoms with Gasteiger partial charge in [-0.05, 0) is 34.6 Å². The van der Waals surface area contributed by atoms with Gasteiger partial charge in [0.05, 0.1) is 6.04 Å². The largest absolute Gasteiger partial charge is 0.508 e. The number of aldehydes is 1. The zero-order chi connectivity index (χ0) is 19.2. The molecule has 0 aromatic heterocycles. The van der Waals surface area contributed by atoms with E-state index in [9.17, 15) is 14.7 Å². The number of amides is 1. The Hall–Kier alpha value is -2.82. The number of carbonyl (C=O) groups is 2. The average Bonchev–Trinajstić information content (AvgIpc) is 2.61. The number of hydrogen-bond donors (Lipinski definition) is 2. The van der Waals surface area contributed by atoms with Crippen molar-refractivity contribution in [2.24, 2.45) is 0 Å². The number of benzene rings is 2. The minimum atomic E-state index is -0.698. The number of nitrogens with one attached hydrogen (secondary N) is 1. The second-order valence-electron chi connectivity index (χ2n) is 7.25. The molecule has 1 unspecified atom stereocenters. The number of ether oxygens (including phenoxy) is 1. The molecule has 0 aliphatic rings. The molecule has 1 atom stereocenters. The van der Waals surface area contributed by atoms with Crippen LogP contribution in [0.4, 0.5) is 4.79 Å². The van der Waals surface area contributed by atoms with Gasteiger partial charge in [-0.15, -0.1) is 0 Å². The first-order chi connectivity index (χ1) is 12.3. The first-order valence-electron chi connectivity index (χ1n) is 8.54. The van der Waals surface area contributed by atoms with Gasteiger partial charge in [-0.25, -0.2) is 4.79 Å². The Morgan fingerprint density at radius 2 is 1.85 bits per heavy atom. The summed E-state index contributed by atoms with van der Waals surface area (Å²) in [6, 6.07) is 13.9. The highest BCUT2D eigenvalue weighted by molar-refractivity contribution is 5.73. The van der Waals surface area contributed by atoms with Gasteiger partial charge in [0.1, 0.15) is 18.6 Å². The van der Waals surface area contributed by atoms with E-state index in [2.05, 4.69) is 5.32 Å². The van der Waals surface area contributed by atoms with Gasteiger partial charge in [0.2, 0.25) is 0 Å². The topological polar surface area (TPSA) is 75.6 Å². The number of alkyl carbamates (subject to hydrolysis) is 1. The van der Waals surface area contributed by atoms with E-state index in [1.165, 1.54) is 0 Å². The van der Waals surface area contributed by atoms with Crippen LogP contribution in [0.25, 0.3) is 0 Å². The maximum atomic E-state index is 11.9. The third-order valence-electron chi connectivity index (χ3n) is 4.00. The zero-order valence-corrected chi connectivity index (χ0v) is 15.4. The van der Waals surface area contributed by atoms with Crippen molar-refractivity contribution in [1.29, 1.82) is 0 Å². The van der Waals surface area contributed by atoms with Crippen molar-refractivity contribution in [3.8, 4) is 5.75 Å². The fourth-order valence-corrected chi connectivity index (χ4v) is 2.61. The smallest absolute Gasteiger partial charge is 0.408 e. The molecule has 138 valence electrons. The van der Waals surface area contributed by atoms with Crippen LogP contribution in [0.3, 0.4) is 0 Å². The lowest BCUT2D eigenvalue weighted by molar-refractivity contribution is -0.109. The molecule has 0 bridgehead atoms. The zero-order valence-electron chi connectivity index (χ0n) is 15.4. The lowest BCUT2D eigenvalue weighted by Gasteiger charge is -2.22. The highest BCUT2D eigenvalue weighted by Crippen LogP contribution is 2.31. The first-order valence-corrected chi connectivity index (χ1v) is 8.54. The molecule has 2 rings (SSSR count). The second-order valence-corrected chi connectivity index (χ2v) is 7.25. The number of rotatable bonds is 6. The van der Waals surface area contributed by atoms with Crippen LogP contribution >= 0.6 is 0 Å². The summed E-state index contributed by atoms with van der Waals surface area (Å²) < 4.78 is 5.15. The van der Waals surface area contributed by atoms with Crippen molar-refractivity contribution in [3.05, 3.63) is 65.2 Å². The lowest BCUT2D eigenvalue weighted by atomic mass is 9.85. The molecule has 0 heterocycles. The van der Waals surface area contributed by atoms with Crippen LogP contribution in [0.15, 0.2) is 48.5 Å². The van der Waals surface area contributed by atoms with Crippen molar-refractivity contribution < 1.29 is 19.4 Å². The molecule has 0 aliphatic carbocycles. The van der Waals surface area contributed by atoms with E-state index >= 15 is 0 Å². The van der Waals surface area contributed by atoms with Crippen LogP contribution in [0.2, 0.25) is 0 Å². The standard InChI is InChI=1S/C21H25NO4/c1-21(2,3)18-12-16(9-10-19(18)24)11-17(13-23)22-20(25)26-14-15-7-5-4-6-8-15/h4-10,12-13,17,24H,11,14H2,1-3H3,(H,22,25). The van der Waals surface area contributed by atoms with E-state index in [0.29, 0.717) is 12.7 Å². The maximum absolute atomic E-state index is 11.9. The summed E-state index contributed by atoms with van der Waals surface area (Å²) in [4.78, 5) is 23.3. The van der Waals surface area contributed by atoms with Crippen molar-refractivity contribution in [2.75, 3.05) is 0 Å². The molecule has 26 heavy (non-hydrogen) atoms. The molecule has 5 heteroatoms. The molecule has 0 spiro atoms. The summed E-state index contributed by atoms with van der Waals surface area (Å²) >= 11 is 0. The van der Waals surface area contributed by atoms with Crippen LogP contribution in [-0.2, 0) is 28.0 Å². The summed E-state index contributed by atoms with van der Waals surface area (Å²) in [6.07, 6.45) is 0.376. The number of phenolic OH excluding ortho intramolecular Hbond substituents is 1. The molecular weight excluding hydrogens is 330 g/mol. The SMILES string of the molecule is CC(C)(C)c1cc(CC(C=O)NC(=O)OCc2ccccc2)ccc1O. The van der Waals surface area contributed by atoms with Crippen molar-refractivity contribution >= 4 is 12.4 Å². The third kappa shape index (κ3) is 5.62.